The first-order valence-electron chi connectivity index (χ1n) is 10.2. The molecular weight excluding hydrogens is 429 g/mol. The van der Waals surface area contributed by atoms with E-state index in [4.69, 9.17) is 0 Å². The van der Waals surface area contributed by atoms with Gasteiger partial charge < -0.3 is 15.0 Å². The summed E-state index contributed by atoms with van der Waals surface area (Å²) < 4.78 is 15.5. The molecule has 0 aliphatic carbocycles. The number of halogens is 1. The van der Waals surface area contributed by atoms with Crippen LogP contribution in [0.5, 0.6) is 0 Å². The summed E-state index contributed by atoms with van der Waals surface area (Å²) >= 11 is 0. The van der Waals surface area contributed by atoms with Crippen LogP contribution in [0, 0.1) is 22.9 Å². The molecule has 0 amide bonds. The molecule has 0 bridgehead atoms. The zero-order valence-electron chi connectivity index (χ0n) is 17.9. The van der Waals surface area contributed by atoms with Gasteiger partial charge in [0.25, 0.3) is 0 Å². The molecule has 0 radical (unpaired) electrons. The Labute approximate surface area is 187 Å². The highest BCUT2D eigenvalue weighted by atomic mass is 19.1. The van der Waals surface area contributed by atoms with E-state index in [1.54, 1.807) is 23.9 Å². The molecule has 2 heterocycles. The maximum Gasteiger partial charge on any atom is 0.323 e. The summed E-state index contributed by atoms with van der Waals surface area (Å²) in [5, 5.41) is 24.2. The number of nitro benzene ring substituents is 1. The third-order valence-electron chi connectivity index (χ3n) is 5.33. The van der Waals surface area contributed by atoms with E-state index in [9.17, 15) is 24.4 Å². The van der Waals surface area contributed by atoms with Crippen molar-refractivity contribution in [3.05, 3.63) is 75.9 Å². The molecule has 33 heavy (non-hydrogen) atoms. The number of hydrogen-bond donors (Lipinski definition) is 2. The predicted molar refractivity (Wildman–Crippen MR) is 121 cm³/mol. The quantitative estimate of drug-likeness (QED) is 0.305. The molecule has 2 aromatic carbocycles. The second kappa shape index (κ2) is 8.65. The van der Waals surface area contributed by atoms with E-state index in [0.29, 0.717) is 23.4 Å². The number of nitrogens with one attached hydrogen (secondary N) is 1. The summed E-state index contributed by atoms with van der Waals surface area (Å²) in [6.45, 7) is 3.38. The number of hydrogen-bond acceptors (Lipinski definition) is 6. The molecule has 0 atom stereocenters. The highest BCUT2D eigenvalue weighted by Crippen LogP contribution is 2.33. The number of rotatable bonds is 7. The average Bonchev–Trinajstić information content (AvgIpc) is 3.13. The Morgan fingerprint density at radius 2 is 2.06 bits per heavy atom. The largest absolute Gasteiger partial charge is 0.480 e. The van der Waals surface area contributed by atoms with E-state index < -0.39 is 22.4 Å². The summed E-state index contributed by atoms with van der Waals surface area (Å²) in [7, 11) is 0. The highest BCUT2D eigenvalue weighted by Gasteiger charge is 2.19. The van der Waals surface area contributed by atoms with Crippen molar-refractivity contribution >= 4 is 34.2 Å². The van der Waals surface area contributed by atoms with E-state index in [1.807, 2.05) is 31.2 Å². The lowest BCUT2D eigenvalue weighted by Gasteiger charge is -2.12. The molecule has 10 heteroatoms. The molecule has 9 nitrogen and oxygen atoms in total. The molecule has 0 saturated carbocycles. The predicted octanol–water partition coefficient (Wildman–Crippen LogP) is 4.84. The Hall–Kier alpha value is -4.34. The lowest BCUT2D eigenvalue weighted by Crippen LogP contribution is -2.07. The fraction of sp³-hybridized carbons (Fsp3) is 0.174. The number of aromatic nitrogens is 3. The van der Waals surface area contributed by atoms with Crippen molar-refractivity contribution in [2.24, 2.45) is 0 Å². The SMILES string of the molecule is CCc1cnc(Nc2cc([N+](=O)[O-])c(F)cc2C)nc1-c1cn(CC(=O)O)c2ccccc12. The minimum atomic E-state index is -0.962. The smallest absolute Gasteiger partial charge is 0.323 e. The van der Waals surface area contributed by atoms with Crippen molar-refractivity contribution in [1.29, 1.82) is 0 Å². The first kappa shape index (κ1) is 21.9. The van der Waals surface area contributed by atoms with Gasteiger partial charge in [-0.3, -0.25) is 14.9 Å². The van der Waals surface area contributed by atoms with E-state index in [0.717, 1.165) is 34.2 Å². The molecule has 2 N–H and O–H groups in total. The van der Waals surface area contributed by atoms with Gasteiger partial charge in [-0.1, -0.05) is 25.1 Å². The topological polar surface area (TPSA) is 123 Å². The lowest BCUT2D eigenvalue weighted by molar-refractivity contribution is -0.387. The number of benzene rings is 2. The third-order valence-corrected chi connectivity index (χ3v) is 5.33. The van der Waals surface area contributed by atoms with E-state index in [2.05, 4.69) is 15.3 Å². The van der Waals surface area contributed by atoms with Crippen LogP contribution in [-0.4, -0.2) is 30.5 Å². The average molecular weight is 449 g/mol. The number of para-hydroxylation sites is 1. The lowest BCUT2D eigenvalue weighted by atomic mass is 10.0. The minimum Gasteiger partial charge on any atom is -0.480 e. The van der Waals surface area contributed by atoms with Crippen molar-refractivity contribution in [2.75, 3.05) is 5.32 Å². The van der Waals surface area contributed by atoms with Gasteiger partial charge in [0.1, 0.15) is 6.54 Å². The second-order valence-electron chi connectivity index (χ2n) is 7.50. The fourth-order valence-corrected chi connectivity index (χ4v) is 3.73. The Morgan fingerprint density at radius 3 is 2.76 bits per heavy atom. The Bertz CT molecular complexity index is 1400. The van der Waals surface area contributed by atoms with Gasteiger partial charge in [-0.15, -0.1) is 0 Å². The molecule has 4 aromatic rings. The number of anilines is 2. The molecule has 0 unspecified atom stereocenters. The maximum absolute atomic E-state index is 13.9. The van der Waals surface area contributed by atoms with Crippen molar-refractivity contribution in [2.45, 2.75) is 26.8 Å². The second-order valence-corrected chi connectivity index (χ2v) is 7.50. The minimum absolute atomic E-state index is 0.182. The fourth-order valence-electron chi connectivity index (χ4n) is 3.73. The highest BCUT2D eigenvalue weighted by molar-refractivity contribution is 5.96. The van der Waals surface area contributed by atoms with Gasteiger partial charge in [0.15, 0.2) is 0 Å². The Morgan fingerprint density at radius 1 is 1.30 bits per heavy atom. The molecule has 0 saturated heterocycles. The van der Waals surface area contributed by atoms with Crippen LogP contribution in [0.25, 0.3) is 22.2 Å². The van der Waals surface area contributed by atoms with E-state index in [-0.39, 0.29) is 12.5 Å². The molecular formula is C23H20FN5O4. The monoisotopic (exact) mass is 449 g/mol. The van der Waals surface area contributed by atoms with Gasteiger partial charge in [-0.2, -0.15) is 4.39 Å². The number of carbonyl (C=O) groups is 1. The van der Waals surface area contributed by atoms with Crippen LogP contribution in [0.15, 0.2) is 48.8 Å². The number of fused-ring (bicyclic) bond motifs is 1. The zero-order valence-corrected chi connectivity index (χ0v) is 17.9. The zero-order chi connectivity index (χ0) is 23.7. The molecule has 0 spiro atoms. The van der Waals surface area contributed by atoms with Gasteiger partial charge in [-0.05, 0) is 36.6 Å². The van der Waals surface area contributed by atoms with Crippen molar-refractivity contribution in [1.82, 2.24) is 14.5 Å². The summed E-state index contributed by atoms with van der Waals surface area (Å²) in [5.74, 6) is -1.70. The summed E-state index contributed by atoms with van der Waals surface area (Å²) in [6.07, 6.45) is 4.04. The molecule has 2 aromatic heterocycles. The first-order valence-corrected chi connectivity index (χ1v) is 10.2. The number of aliphatic carboxylic acids is 1. The molecule has 0 aliphatic heterocycles. The number of nitro groups is 1. The third kappa shape index (κ3) is 4.22. The first-order chi connectivity index (χ1) is 15.8. The molecule has 168 valence electrons. The van der Waals surface area contributed by atoms with Crippen molar-refractivity contribution < 1.29 is 19.2 Å². The standard InChI is InChI=1S/C23H20FN5O4/c1-3-14-10-25-23(26-18-9-20(29(32)33)17(24)8-13(18)2)27-22(14)16-11-28(12-21(30)31)19-7-5-4-6-15(16)19/h4-11H,3,12H2,1-2H3,(H,30,31)(H,25,26,27). The van der Waals surface area contributed by atoms with Gasteiger partial charge >= 0.3 is 11.7 Å². The summed E-state index contributed by atoms with van der Waals surface area (Å²) in [4.78, 5) is 30.6. The Balaban J connectivity index is 1.82. The van der Waals surface area contributed by atoms with Crippen LogP contribution in [0.1, 0.15) is 18.1 Å². The number of carboxylic acids is 1. The van der Waals surface area contributed by atoms with Gasteiger partial charge in [0.2, 0.25) is 11.8 Å². The molecule has 0 aliphatic rings. The van der Waals surface area contributed by atoms with Crippen LogP contribution < -0.4 is 5.32 Å². The summed E-state index contributed by atoms with van der Waals surface area (Å²) in [6, 6.07) is 9.63. The van der Waals surface area contributed by atoms with Crippen LogP contribution in [0.3, 0.4) is 0 Å². The van der Waals surface area contributed by atoms with Gasteiger partial charge in [0.05, 0.1) is 16.3 Å². The molecule has 4 rings (SSSR count). The van der Waals surface area contributed by atoms with Gasteiger partial charge in [0, 0.05) is 34.9 Å². The van der Waals surface area contributed by atoms with E-state index >= 15 is 0 Å². The maximum atomic E-state index is 13.9. The number of carboxylic acid groups (broad SMARTS) is 1. The summed E-state index contributed by atoms with van der Waals surface area (Å²) in [5.41, 5.74) is 3.09. The number of aryl methyl sites for hydroxylation is 2. The van der Waals surface area contributed by atoms with Crippen LogP contribution in [0.2, 0.25) is 0 Å². The van der Waals surface area contributed by atoms with Crippen molar-refractivity contribution in [3.8, 4) is 11.3 Å². The Kier molecular flexibility index (Phi) is 5.74. The van der Waals surface area contributed by atoms with Crippen molar-refractivity contribution in [3.63, 3.8) is 0 Å². The van der Waals surface area contributed by atoms with Gasteiger partial charge in [-0.25, -0.2) is 9.97 Å². The van der Waals surface area contributed by atoms with E-state index in [1.165, 1.54) is 0 Å². The molecule has 0 fully saturated rings. The normalized spacial score (nSPS) is 11.0. The number of nitrogens with zero attached hydrogens (tertiary/aromatic N) is 4. The van der Waals surface area contributed by atoms with Crippen LogP contribution in [0.4, 0.5) is 21.7 Å². The van der Waals surface area contributed by atoms with Crippen LogP contribution >= 0.6 is 0 Å². The van der Waals surface area contributed by atoms with Crippen LogP contribution in [-0.2, 0) is 17.8 Å².